The minimum atomic E-state index is -0.276. The Bertz CT molecular complexity index is 662. The van der Waals surface area contributed by atoms with Crippen molar-refractivity contribution >= 4 is 44.8 Å². The monoisotopic (exact) mass is 354 g/mol. The highest BCUT2D eigenvalue weighted by Gasteiger charge is 2.11. The minimum absolute atomic E-state index is 0.276. The normalized spacial score (nSPS) is 10.2. The van der Waals surface area contributed by atoms with Gasteiger partial charge in [0, 0.05) is 10.6 Å². The molecular formula is C14H12BrClN2O2. The Kier molecular flexibility index (Phi) is 4.52. The Labute approximate surface area is 130 Å². The Morgan fingerprint density at radius 1 is 1.30 bits per heavy atom. The van der Waals surface area contributed by atoms with Crippen molar-refractivity contribution in [3.8, 4) is 5.75 Å². The Hall–Kier alpha value is -1.72. The summed E-state index contributed by atoms with van der Waals surface area (Å²) in [5.74, 6) is 0.381. The van der Waals surface area contributed by atoms with Crippen molar-refractivity contribution in [3.63, 3.8) is 0 Å². The van der Waals surface area contributed by atoms with E-state index in [1.54, 1.807) is 43.5 Å². The van der Waals surface area contributed by atoms with E-state index in [1.807, 2.05) is 0 Å². The third kappa shape index (κ3) is 3.23. The van der Waals surface area contributed by atoms with Gasteiger partial charge in [0.15, 0.2) is 0 Å². The first kappa shape index (κ1) is 14.7. The van der Waals surface area contributed by atoms with Crippen LogP contribution in [0.4, 0.5) is 11.4 Å². The third-order valence-electron chi connectivity index (χ3n) is 2.68. The number of rotatable bonds is 3. The SMILES string of the molecule is COc1ccc(C(=O)Nc2cc(Cl)ccc2N)cc1Br. The first-order valence-electron chi connectivity index (χ1n) is 5.71. The number of nitrogens with one attached hydrogen (secondary N) is 1. The summed E-state index contributed by atoms with van der Waals surface area (Å²) >= 11 is 9.22. The van der Waals surface area contributed by atoms with Crippen molar-refractivity contribution in [2.24, 2.45) is 0 Å². The van der Waals surface area contributed by atoms with E-state index in [0.29, 0.717) is 32.2 Å². The van der Waals surface area contributed by atoms with E-state index in [9.17, 15) is 4.79 Å². The third-order valence-corrected chi connectivity index (χ3v) is 3.53. The van der Waals surface area contributed by atoms with Crippen LogP contribution in [0, 0.1) is 0 Å². The lowest BCUT2D eigenvalue weighted by Crippen LogP contribution is -2.13. The predicted octanol–water partition coefficient (Wildman–Crippen LogP) is 3.95. The fourth-order valence-electron chi connectivity index (χ4n) is 1.64. The number of carbonyl (C=O) groups is 1. The zero-order valence-electron chi connectivity index (χ0n) is 10.6. The quantitative estimate of drug-likeness (QED) is 0.820. The average Bonchev–Trinajstić information content (AvgIpc) is 2.42. The standard InChI is InChI=1S/C14H12BrClN2O2/c1-20-13-5-2-8(6-10(13)15)14(19)18-12-7-9(16)3-4-11(12)17/h2-7H,17H2,1H3,(H,18,19). The fraction of sp³-hybridized carbons (Fsp3) is 0.0714. The molecule has 0 radical (unpaired) electrons. The summed E-state index contributed by atoms with van der Waals surface area (Å²) in [7, 11) is 1.56. The number of benzene rings is 2. The van der Waals surface area contributed by atoms with Crippen LogP contribution in [0.25, 0.3) is 0 Å². The molecule has 0 aliphatic carbocycles. The van der Waals surface area contributed by atoms with Crippen molar-refractivity contribution in [1.82, 2.24) is 0 Å². The first-order valence-corrected chi connectivity index (χ1v) is 6.88. The summed E-state index contributed by atoms with van der Waals surface area (Å²) < 4.78 is 5.82. The van der Waals surface area contributed by atoms with Crippen LogP contribution in [-0.2, 0) is 0 Å². The highest BCUT2D eigenvalue weighted by atomic mass is 79.9. The van der Waals surface area contributed by atoms with Crippen LogP contribution >= 0.6 is 27.5 Å². The minimum Gasteiger partial charge on any atom is -0.496 e. The molecule has 0 saturated heterocycles. The van der Waals surface area contributed by atoms with Crippen molar-refractivity contribution in [3.05, 3.63) is 51.5 Å². The van der Waals surface area contributed by atoms with Gasteiger partial charge in [0.1, 0.15) is 5.75 Å². The van der Waals surface area contributed by atoms with Gasteiger partial charge in [-0.05, 0) is 52.3 Å². The molecule has 0 aliphatic rings. The number of methoxy groups -OCH3 is 1. The van der Waals surface area contributed by atoms with Crippen LogP contribution in [0.5, 0.6) is 5.75 Å². The molecule has 0 atom stereocenters. The predicted molar refractivity (Wildman–Crippen MR) is 84.5 cm³/mol. The van der Waals surface area contributed by atoms with Crippen molar-refractivity contribution in [2.45, 2.75) is 0 Å². The number of halogens is 2. The number of nitrogen functional groups attached to an aromatic ring is 1. The van der Waals surface area contributed by atoms with E-state index < -0.39 is 0 Å². The molecule has 2 aromatic rings. The second kappa shape index (κ2) is 6.15. The van der Waals surface area contributed by atoms with Gasteiger partial charge in [0.25, 0.3) is 5.91 Å². The highest BCUT2D eigenvalue weighted by Crippen LogP contribution is 2.27. The van der Waals surface area contributed by atoms with Crippen LogP contribution in [-0.4, -0.2) is 13.0 Å². The van der Waals surface area contributed by atoms with E-state index in [2.05, 4.69) is 21.2 Å². The van der Waals surface area contributed by atoms with Gasteiger partial charge >= 0.3 is 0 Å². The molecule has 0 unspecified atom stereocenters. The molecule has 0 aromatic heterocycles. The maximum atomic E-state index is 12.2. The van der Waals surface area contributed by atoms with Gasteiger partial charge in [0.05, 0.1) is 23.0 Å². The molecule has 4 nitrogen and oxygen atoms in total. The van der Waals surface area contributed by atoms with E-state index in [0.717, 1.165) is 0 Å². The molecule has 0 fully saturated rings. The van der Waals surface area contributed by atoms with Crippen LogP contribution < -0.4 is 15.8 Å². The van der Waals surface area contributed by atoms with Gasteiger partial charge in [-0.25, -0.2) is 0 Å². The van der Waals surface area contributed by atoms with E-state index in [4.69, 9.17) is 22.1 Å². The van der Waals surface area contributed by atoms with Crippen LogP contribution in [0.3, 0.4) is 0 Å². The molecule has 6 heteroatoms. The molecule has 0 saturated carbocycles. The molecule has 20 heavy (non-hydrogen) atoms. The molecule has 1 amide bonds. The zero-order chi connectivity index (χ0) is 14.7. The number of anilines is 2. The van der Waals surface area contributed by atoms with Crippen molar-refractivity contribution < 1.29 is 9.53 Å². The van der Waals surface area contributed by atoms with E-state index >= 15 is 0 Å². The number of amides is 1. The Morgan fingerprint density at radius 3 is 2.70 bits per heavy atom. The number of ether oxygens (including phenoxy) is 1. The van der Waals surface area contributed by atoms with Crippen LogP contribution in [0.15, 0.2) is 40.9 Å². The summed E-state index contributed by atoms with van der Waals surface area (Å²) in [5, 5.41) is 3.23. The Balaban J connectivity index is 2.24. The lowest BCUT2D eigenvalue weighted by molar-refractivity contribution is 0.102. The summed E-state index contributed by atoms with van der Waals surface area (Å²) in [5.41, 5.74) is 7.21. The highest BCUT2D eigenvalue weighted by molar-refractivity contribution is 9.10. The zero-order valence-corrected chi connectivity index (χ0v) is 13.0. The second-order valence-electron chi connectivity index (χ2n) is 4.04. The first-order chi connectivity index (χ1) is 9.51. The number of hydrogen-bond acceptors (Lipinski definition) is 3. The molecular weight excluding hydrogens is 344 g/mol. The maximum absolute atomic E-state index is 12.2. The molecule has 104 valence electrons. The Morgan fingerprint density at radius 2 is 2.05 bits per heavy atom. The number of nitrogens with two attached hydrogens (primary N) is 1. The molecule has 0 spiro atoms. The molecule has 3 N–H and O–H groups in total. The largest absolute Gasteiger partial charge is 0.496 e. The lowest BCUT2D eigenvalue weighted by atomic mass is 10.2. The van der Waals surface area contributed by atoms with Gasteiger partial charge < -0.3 is 15.8 Å². The van der Waals surface area contributed by atoms with Crippen LogP contribution in [0.2, 0.25) is 5.02 Å². The summed E-state index contributed by atoms with van der Waals surface area (Å²) in [6.07, 6.45) is 0. The molecule has 0 heterocycles. The molecule has 0 aliphatic heterocycles. The number of hydrogen-bond donors (Lipinski definition) is 2. The van der Waals surface area contributed by atoms with Gasteiger partial charge in [-0.2, -0.15) is 0 Å². The molecule has 2 rings (SSSR count). The van der Waals surface area contributed by atoms with Crippen LogP contribution in [0.1, 0.15) is 10.4 Å². The van der Waals surface area contributed by atoms with Crippen molar-refractivity contribution in [2.75, 3.05) is 18.2 Å². The fourth-order valence-corrected chi connectivity index (χ4v) is 2.35. The molecule has 2 aromatic carbocycles. The smallest absolute Gasteiger partial charge is 0.255 e. The maximum Gasteiger partial charge on any atom is 0.255 e. The summed E-state index contributed by atoms with van der Waals surface area (Å²) in [4.78, 5) is 12.2. The molecule has 0 bridgehead atoms. The van der Waals surface area contributed by atoms with Gasteiger partial charge in [-0.3, -0.25) is 4.79 Å². The lowest BCUT2D eigenvalue weighted by Gasteiger charge is -2.10. The van der Waals surface area contributed by atoms with Gasteiger partial charge in [-0.1, -0.05) is 11.6 Å². The average molecular weight is 356 g/mol. The summed E-state index contributed by atoms with van der Waals surface area (Å²) in [6, 6.07) is 9.96. The van der Waals surface area contributed by atoms with Crippen molar-refractivity contribution in [1.29, 1.82) is 0 Å². The van der Waals surface area contributed by atoms with E-state index in [-0.39, 0.29) is 5.91 Å². The topological polar surface area (TPSA) is 64.3 Å². The number of carbonyl (C=O) groups excluding carboxylic acids is 1. The van der Waals surface area contributed by atoms with Gasteiger partial charge in [0.2, 0.25) is 0 Å². The van der Waals surface area contributed by atoms with Gasteiger partial charge in [-0.15, -0.1) is 0 Å². The van der Waals surface area contributed by atoms with E-state index in [1.165, 1.54) is 0 Å². The second-order valence-corrected chi connectivity index (χ2v) is 5.33. The summed E-state index contributed by atoms with van der Waals surface area (Å²) in [6.45, 7) is 0.